The normalized spacial score (nSPS) is 15.9. The minimum absolute atomic E-state index is 0.177. The molecule has 1 heterocycles. The Balaban J connectivity index is 1.13. The summed E-state index contributed by atoms with van der Waals surface area (Å²) in [5.74, 6) is 0. The molecule has 0 unspecified atom stereocenters. The van der Waals surface area contributed by atoms with Crippen molar-refractivity contribution in [1.82, 2.24) is 0 Å². The average Bonchev–Trinajstić information content (AvgIpc) is 3.59. The van der Waals surface area contributed by atoms with Crippen LogP contribution < -0.4 is 9.80 Å². The van der Waals surface area contributed by atoms with Gasteiger partial charge in [0.15, 0.2) is 0 Å². The molecule has 1 aliphatic heterocycles. The third-order valence-electron chi connectivity index (χ3n) is 13.6. The number of hydrogen-bond donors (Lipinski definition) is 0. The number of rotatable bonds is 4. The average molecular weight is 735 g/mol. The van der Waals surface area contributed by atoms with Gasteiger partial charge in [0, 0.05) is 38.7 Å². The zero-order valence-electron chi connectivity index (χ0n) is 33.6. The van der Waals surface area contributed by atoms with E-state index < -0.39 is 0 Å². The molecular weight excluding hydrogens is 689 g/mol. The number of fused-ring (bicyclic) bond motifs is 10. The number of anilines is 6. The molecule has 2 aliphatic carbocycles. The molecule has 0 aromatic heterocycles. The highest BCUT2D eigenvalue weighted by atomic mass is 15.2. The van der Waals surface area contributed by atoms with Gasteiger partial charge in [-0.05, 0) is 134 Å². The van der Waals surface area contributed by atoms with Gasteiger partial charge in [-0.25, -0.2) is 0 Å². The summed E-state index contributed by atoms with van der Waals surface area (Å²) in [6.45, 7) is 14.5. The summed E-state index contributed by atoms with van der Waals surface area (Å²) < 4.78 is 0. The van der Waals surface area contributed by atoms with Gasteiger partial charge in [0.1, 0.15) is 0 Å². The Kier molecular flexibility index (Phi) is 7.03. The molecule has 276 valence electrons. The standard InChI is InChI=1S/C55H46N2/c1-53(2)43-28-18-19-29-49(43)57(37-24-14-9-15-25-37)51-33-46-41(31-47(51)53)40-30-45-42(32-44(40)54(46,3)4)52-39-27-17-16-26-38(39)50(34-48(52)55(45,5)6)56(35-20-10-7-11-21-35)36-22-12-8-13-23-36/h7-34H,1-6H3. The summed E-state index contributed by atoms with van der Waals surface area (Å²) in [5, 5.41) is 2.56. The lowest BCUT2D eigenvalue weighted by molar-refractivity contribution is 0.627. The number of benzene rings is 8. The molecule has 2 heteroatoms. The van der Waals surface area contributed by atoms with Gasteiger partial charge in [0.25, 0.3) is 0 Å². The van der Waals surface area contributed by atoms with Crippen molar-refractivity contribution in [2.45, 2.75) is 57.8 Å². The van der Waals surface area contributed by atoms with E-state index in [9.17, 15) is 0 Å². The molecule has 0 radical (unpaired) electrons. The predicted octanol–water partition coefficient (Wildman–Crippen LogP) is 15.0. The second-order valence-corrected chi connectivity index (χ2v) is 17.8. The fourth-order valence-corrected chi connectivity index (χ4v) is 10.6. The molecule has 2 nitrogen and oxygen atoms in total. The van der Waals surface area contributed by atoms with Crippen molar-refractivity contribution in [3.8, 4) is 22.3 Å². The second kappa shape index (κ2) is 11.8. The molecular formula is C55H46N2. The van der Waals surface area contributed by atoms with E-state index in [1.807, 2.05) is 0 Å². The fraction of sp³-hybridized carbons (Fsp3) is 0.164. The summed E-state index contributed by atoms with van der Waals surface area (Å²) in [4.78, 5) is 4.93. The van der Waals surface area contributed by atoms with Crippen LogP contribution >= 0.6 is 0 Å². The Labute approximate surface area is 336 Å². The number of nitrogens with zero attached hydrogens (tertiary/aromatic N) is 2. The van der Waals surface area contributed by atoms with E-state index in [1.165, 1.54) is 89.2 Å². The highest BCUT2D eigenvalue weighted by molar-refractivity contribution is 6.10. The van der Waals surface area contributed by atoms with Crippen molar-refractivity contribution < 1.29 is 0 Å². The van der Waals surface area contributed by atoms with E-state index in [0.717, 1.165) is 11.4 Å². The van der Waals surface area contributed by atoms with Crippen LogP contribution in [0.1, 0.15) is 74.9 Å². The van der Waals surface area contributed by atoms with Gasteiger partial charge in [-0.15, -0.1) is 0 Å². The van der Waals surface area contributed by atoms with Crippen molar-refractivity contribution in [1.29, 1.82) is 0 Å². The Morgan fingerprint density at radius 2 is 0.842 bits per heavy atom. The van der Waals surface area contributed by atoms with Gasteiger partial charge < -0.3 is 9.80 Å². The van der Waals surface area contributed by atoms with Gasteiger partial charge in [0.05, 0.1) is 17.1 Å². The molecule has 8 aromatic rings. The Morgan fingerprint density at radius 3 is 1.51 bits per heavy atom. The van der Waals surface area contributed by atoms with E-state index in [0.29, 0.717) is 0 Å². The maximum atomic E-state index is 2.57. The molecule has 3 aliphatic rings. The van der Waals surface area contributed by atoms with E-state index in [-0.39, 0.29) is 16.2 Å². The molecule has 57 heavy (non-hydrogen) atoms. The summed E-state index contributed by atoms with van der Waals surface area (Å²) in [6, 6.07) is 63.3. The molecule has 0 bridgehead atoms. The van der Waals surface area contributed by atoms with Gasteiger partial charge in [-0.3, -0.25) is 0 Å². The summed E-state index contributed by atoms with van der Waals surface area (Å²) >= 11 is 0. The van der Waals surface area contributed by atoms with Crippen LogP contribution in [0.25, 0.3) is 33.0 Å². The maximum absolute atomic E-state index is 2.57. The maximum Gasteiger partial charge on any atom is 0.0543 e. The van der Waals surface area contributed by atoms with Crippen LogP contribution in [0.5, 0.6) is 0 Å². The number of para-hydroxylation sites is 4. The van der Waals surface area contributed by atoms with E-state index in [4.69, 9.17) is 0 Å². The zero-order valence-corrected chi connectivity index (χ0v) is 33.6. The van der Waals surface area contributed by atoms with Crippen molar-refractivity contribution in [2.24, 2.45) is 0 Å². The van der Waals surface area contributed by atoms with Crippen LogP contribution in [0.2, 0.25) is 0 Å². The lowest BCUT2D eigenvalue weighted by Gasteiger charge is -2.42. The first-order chi connectivity index (χ1) is 27.6. The number of hydrogen-bond acceptors (Lipinski definition) is 2. The van der Waals surface area contributed by atoms with Gasteiger partial charge >= 0.3 is 0 Å². The molecule has 0 amide bonds. The minimum Gasteiger partial charge on any atom is -0.310 e. The zero-order chi connectivity index (χ0) is 38.8. The summed E-state index contributed by atoms with van der Waals surface area (Å²) in [6.07, 6.45) is 0. The minimum atomic E-state index is -0.221. The van der Waals surface area contributed by atoms with E-state index in [2.05, 4.69) is 221 Å². The van der Waals surface area contributed by atoms with Crippen LogP contribution in [0.3, 0.4) is 0 Å². The summed E-state index contributed by atoms with van der Waals surface area (Å²) in [5.41, 5.74) is 20.4. The largest absolute Gasteiger partial charge is 0.310 e. The highest BCUT2D eigenvalue weighted by Gasteiger charge is 2.45. The molecule has 0 fully saturated rings. The Morgan fingerprint density at radius 1 is 0.368 bits per heavy atom. The van der Waals surface area contributed by atoms with E-state index >= 15 is 0 Å². The van der Waals surface area contributed by atoms with Crippen molar-refractivity contribution in [2.75, 3.05) is 9.80 Å². The highest BCUT2D eigenvalue weighted by Crippen LogP contribution is 2.61. The van der Waals surface area contributed by atoms with Crippen LogP contribution in [-0.4, -0.2) is 0 Å². The topological polar surface area (TPSA) is 6.48 Å². The SMILES string of the molecule is CC1(C)c2cc3c(cc2-c2cc4c(cc21)N(c1ccccc1)c1ccccc1C4(C)C)C(C)(C)c1cc(N(c2ccccc2)c2ccccc2)c2ccccc2c1-3. The molecule has 0 N–H and O–H groups in total. The lowest BCUT2D eigenvalue weighted by Crippen LogP contribution is -2.31. The van der Waals surface area contributed by atoms with Gasteiger partial charge in [-0.1, -0.05) is 139 Å². The first-order valence-electron chi connectivity index (χ1n) is 20.4. The quantitative estimate of drug-likeness (QED) is 0.178. The molecule has 0 atom stereocenters. The van der Waals surface area contributed by atoms with Crippen molar-refractivity contribution >= 4 is 44.9 Å². The molecule has 8 aromatic carbocycles. The first kappa shape index (κ1) is 33.9. The summed E-state index contributed by atoms with van der Waals surface area (Å²) in [7, 11) is 0. The monoisotopic (exact) mass is 734 g/mol. The third-order valence-corrected chi connectivity index (χ3v) is 13.6. The molecule has 0 saturated carbocycles. The Bertz CT molecular complexity index is 2880. The Hall–Kier alpha value is -6.38. The second-order valence-electron chi connectivity index (χ2n) is 17.8. The van der Waals surface area contributed by atoms with Crippen molar-refractivity contribution in [3.63, 3.8) is 0 Å². The molecule has 0 saturated heterocycles. The van der Waals surface area contributed by atoms with Crippen LogP contribution in [0, 0.1) is 0 Å². The van der Waals surface area contributed by atoms with Gasteiger partial charge in [0.2, 0.25) is 0 Å². The smallest absolute Gasteiger partial charge is 0.0543 e. The molecule has 0 spiro atoms. The third kappa shape index (κ3) is 4.65. The first-order valence-corrected chi connectivity index (χ1v) is 20.4. The fourth-order valence-electron chi connectivity index (χ4n) is 10.6. The van der Waals surface area contributed by atoms with Crippen molar-refractivity contribution in [3.05, 3.63) is 203 Å². The molecule has 11 rings (SSSR count). The lowest BCUT2D eigenvalue weighted by atomic mass is 9.72. The van der Waals surface area contributed by atoms with Crippen LogP contribution in [0.15, 0.2) is 170 Å². The van der Waals surface area contributed by atoms with E-state index in [1.54, 1.807) is 0 Å². The van der Waals surface area contributed by atoms with Gasteiger partial charge in [-0.2, -0.15) is 0 Å². The predicted molar refractivity (Wildman–Crippen MR) is 241 cm³/mol. The van der Waals surface area contributed by atoms with Crippen LogP contribution in [0.4, 0.5) is 34.1 Å². The van der Waals surface area contributed by atoms with Crippen LogP contribution in [-0.2, 0) is 16.2 Å².